The van der Waals surface area contributed by atoms with Gasteiger partial charge in [0.05, 0.1) is 12.0 Å². The highest BCUT2D eigenvalue weighted by Crippen LogP contribution is 2.44. The highest BCUT2D eigenvalue weighted by molar-refractivity contribution is 5.95. The van der Waals surface area contributed by atoms with Crippen molar-refractivity contribution in [3.63, 3.8) is 0 Å². The van der Waals surface area contributed by atoms with Crippen molar-refractivity contribution in [1.29, 1.82) is 0 Å². The van der Waals surface area contributed by atoms with Gasteiger partial charge in [0.15, 0.2) is 11.6 Å². The van der Waals surface area contributed by atoms with Crippen LogP contribution in [0.2, 0.25) is 0 Å². The number of benzene rings is 2. The zero-order chi connectivity index (χ0) is 19.2. The normalized spacial score (nSPS) is 23.8. The monoisotopic (exact) mass is 373 g/mol. The first kappa shape index (κ1) is 17.5. The van der Waals surface area contributed by atoms with E-state index in [4.69, 9.17) is 4.74 Å². The van der Waals surface area contributed by atoms with E-state index in [9.17, 15) is 23.5 Å². The molecule has 2 aliphatic rings. The van der Waals surface area contributed by atoms with Crippen molar-refractivity contribution >= 4 is 11.9 Å². The number of carboxylic acid groups (broad SMARTS) is 1. The van der Waals surface area contributed by atoms with Crippen molar-refractivity contribution < 1.29 is 28.2 Å². The van der Waals surface area contributed by atoms with Crippen LogP contribution < -0.4 is 4.74 Å². The maximum Gasteiger partial charge on any atom is 0.312 e. The minimum absolute atomic E-state index is 0.00721. The number of carbonyl (C=O) groups is 2. The molecule has 2 atom stereocenters. The molecule has 0 aromatic heterocycles. The molecule has 0 bridgehead atoms. The fourth-order valence-corrected chi connectivity index (χ4v) is 3.99. The molecule has 7 heteroatoms. The summed E-state index contributed by atoms with van der Waals surface area (Å²) in [5, 5.41) is 10.00. The van der Waals surface area contributed by atoms with Gasteiger partial charge in [-0.05, 0) is 36.2 Å². The Labute approximate surface area is 154 Å². The number of nitrogens with zero attached hydrogens (tertiary/aromatic N) is 1. The van der Waals surface area contributed by atoms with E-state index >= 15 is 0 Å². The van der Waals surface area contributed by atoms with Crippen LogP contribution in [0, 0.1) is 23.0 Å². The van der Waals surface area contributed by atoms with Crippen LogP contribution in [0.4, 0.5) is 8.78 Å². The summed E-state index contributed by atoms with van der Waals surface area (Å²) in [7, 11) is 0. The van der Waals surface area contributed by atoms with Gasteiger partial charge in [-0.15, -0.1) is 0 Å². The van der Waals surface area contributed by atoms with E-state index in [-0.39, 0.29) is 31.7 Å². The molecule has 2 aromatic rings. The number of likely N-dealkylation sites (tertiary alicyclic amines) is 1. The number of halogens is 2. The third kappa shape index (κ3) is 2.83. The Kier molecular flexibility index (Phi) is 4.09. The fraction of sp³-hybridized carbons (Fsp3) is 0.300. The predicted molar refractivity (Wildman–Crippen MR) is 91.5 cm³/mol. The number of rotatable bonds is 2. The molecule has 4 rings (SSSR count). The second-order valence-electron chi connectivity index (χ2n) is 7.07. The van der Waals surface area contributed by atoms with E-state index in [1.165, 1.54) is 11.0 Å². The van der Waals surface area contributed by atoms with E-state index in [1.54, 1.807) is 6.07 Å². The number of carboxylic acids is 1. The molecule has 1 fully saturated rings. The Morgan fingerprint density at radius 3 is 2.67 bits per heavy atom. The Balaban J connectivity index is 1.66. The number of para-hydroxylation sites is 1. The Morgan fingerprint density at radius 2 is 1.93 bits per heavy atom. The summed E-state index contributed by atoms with van der Waals surface area (Å²) in [5.41, 5.74) is -0.405. The third-order valence-electron chi connectivity index (χ3n) is 5.49. The van der Waals surface area contributed by atoms with Crippen LogP contribution in [-0.4, -0.2) is 41.6 Å². The van der Waals surface area contributed by atoms with E-state index in [0.717, 1.165) is 17.7 Å². The van der Waals surface area contributed by atoms with Gasteiger partial charge in [-0.3, -0.25) is 9.59 Å². The van der Waals surface area contributed by atoms with E-state index in [1.807, 2.05) is 18.2 Å². The van der Waals surface area contributed by atoms with Gasteiger partial charge < -0.3 is 14.7 Å². The Hall–Kier alpha value is -2.96. The molecule has 0 aliphatic carbocycles. The summed E-state index contributed by atoms with van der Waals surface area (Å²) in [5.74, 6) is -3.41. The minimum Gasteiger partial charge on any atom is -0.493 e. The van der Waals surface area contributed by atoms with Gasteiger partial charge in [0.2, 0.25) is 0 Å². The summed E-state index contributed by atoms with van der Waals surface area (Å²) in [6.45, 7) is 0.339. The number of amides is 1. The average Bonchev–Trinajstić information content (AvgIpc) is 2.94. The maximum atomic E-state index is 13.5. The Bertz CT molecular complexity index is 932. The molecular weight excluding hydrogens is 356 g/mol. The van der Waals surface area contributed by atoms with Crippen LogP contribution in [0.1, 0.15) is 15.9 Å². The first-order valence-electron chi connectivity index (χ1n) is 8.59. The molecule has 140 valence electrons. The number of hydrogen-bond acceptors (Lipinski definition) is 3. The lowest BCUT2D eigenvalue weighted by Gasteiger charge is -2.27. The smallest absolute Gasteiger partial charge is 0.312 e. The zero-order valence-electron chi connectivity index (χ0n) is 14.3. The van der Waals surface area contributed by atoms with Crippen molar-refractivity contribution in [3.8, 4) is 5.75 Å². The van der Waals surface area contributed by atoms with Crippen molar-refractivity contribution in [3.05, 3.63) is 65.2 Å². The largest absolute Gasteiger partial charge is 0.493 e. The second kappa shape index (κ2) is 6.33. The molecule has 0 radical (unpaired) electrons. The van der Waals surface area contributed by atoms with E-state index in [2.05, 4.69) is 0 Å². The number of aliphatic carboxylic acids is 1. The highest BCUT2D eigenvalue weighted by atomic mass is 19.2. The zero-order valence-corrected chi connectivity index (χ0v) is 14.3. The molecule has 1 N–H and O–H groups in total. The molecule has 2 heterocycles. The second-order valence-corrected chi connectivity index (χ2v) is 7.07. The molecule has 27 heavy (non-hydrogen) atoms. The van der Waals surface area contributed by atoms with Crippen LogP contribution in [-0.2, 0) is 11.2 Å². The number of hydrogen-bond donors (Lipinski definition) is 1. The van der Waals surface area contributed by atoms with Crippen molar-refractivity contribution in [2.75, 3.05) is 19.7 Å². The lowest BCUT2D eigenvalue weighted by Crippen LogP contribution is -2.42. The van der Waals surface area contributed by atoms with E-state index < -0.39 is 34.8 Å². The third-order valence-corrected chi connectivity index (χ3v) is 5.49. The van der Waals surface area contributed by atoms with Gasteiger partial charge in [-0.25, -0.2) is 8.78 Å². The van der Waals surface area contributed by atoms with Gasteiger partial charge >= 0.3 is 5.97 Å². The minimum atomic E-state index is -1.18. The van der Waals surface area contributed by atoms with Crippen LogP contribution in [0.3, 0.4) is 0 Å². The number of carbonyl (C=O) groups excluding carboxylic acids is 1. The summed E-state index contributed by atoms with van der Waals surface area (Å²) < 4.78 is 32.4. The summed E-state index contributed by atoms with van der Waals surface area (Å²) in [6.07, 6.45) is 0.241. The van der Waals surface area contributed by atoms with Crippen LogP contribution in [0.15, 0.2) is 42.5 Å². The summed E-state index contributed by atoms with van der Waals surface area (Å²) >= 11 is 0. The molecular formula is C20H17F2NO4. The maximum absolute atomic E-state index is 13.5. The van der Waals surface area contributed by atoms with E-state index in [0.29, 0.717) is 5.75 Å². The number of ether oxygens (including phenoxy) is 1. The lowest BCUT2D eigenvalue weighted by atomic mass is 9.74. The van der Waals surface area contributed by atoms with Crippen molar-refractivity contribution in [1.82, 2.24) is 4.90 Å². The van der Waals surface area contributed by atoms with Gasteiger partial charge in [-0.1, -0.05) is 18.2 Å². The van der Waals surface area contributed by atoms with Crippen LogP contribution in [0.5, 0.6) is 5.75 Å². The van der Waals surface area contributed by atoms with Gasteiger partial charge in [0.25, 0.3) is 5.91 Å². The average molecular weight is 373 g/mol. The lowest BCUT2D eigenvalue weighted by molar-refractivity contribution is -0.150. The molecule has 2 aliphatic heterocycles. The fourth-order valence-electron chi connectivity index (χ4n) is 3.99. The topological polar surface area (TPSA) is 66.8 Å². The predicted octanol–water partition coefficient (Wildman–Crippen LogP) is 2.74. The van der Waals surface area contributed by atoms with Crippen molar-refractivity contribution in [2.24, 2.45) is 11.3 Å². The van der Waals surface area contributed by atoms with Gasteiger partial charge in [0.1, 0.15) is 5.75 Å². The molecule has 5 nitrogen and oxygen atoms in total. The van der Waals surface area contributed by atoms with Crippen molar-refractivity contribution in [2.45, 2.75) is 6.42 Å². The van der Waals surface area contributed by atoms with Gasteiger partial charge in [-0.2, -0.15) is 0 Å². The summed E-state index contributed by atoms with van der Waals surface area (Å²) in [6, 6.07) is 10.2. The quantitative estimate of drug-likeness (QED) is 0.879. The SMILES string of the molecule is O=C(c1ccc(F)c(F)c1)N1C[C@H]2COc3ccccc3C[C@@]2(C(=O)O)C1. The van der Waals surface area contributed by atoms with Crippen LogP contribution in [0.25, 0.3) is 0 Å². The molecule has 0 unspecified atom stereocenters. The van der Waals surface area contributed by atoms with Crippen LogP contribution >= 0.6 is 0 Å². The summed E-state index contributed by atoms with van der Waals surface area (Å²) in [4.78, 5) is 26.4. The molecule has 2 aromatic carbocycles. The Morgan fingerprint density at radius 1 is 1.15 bits per heavy atom. The molecule has 1 amide bonds. The first-order valence-corrected chi connectivity index (χ1v) is 8.59. The molecule has 1 saturated heterocycles. The number of fused-ring (bicyclic) bond motifs is 2. The standard InChI is InChI=1S/C20H17F2NO4/c21-15-6-5-12(7-16(15)22)18(24)23-9-14-10-27-17-4-2-1-3-13(17)8-20(14,11-23)19(25)26/h1-7,14H,8-11H2,(H,25,26)/t14-,20+/m0/s1. The molecule has 0 saturated carbocycles. The first-order chi connectivity index (χ1) is 12.9. The molecule has 0 spiro atoms. The van der Waals surface area contributed by atoms with Gasteiger partial charge in [0, 0.05) is 24.6 Å². The highest BCUT2D eigenvalue weighted by Gasteiger charge is 2.55.